The van der Waals surface area contributed by atoms with Crippen LogP contribution in [0.25, 0.3) is 0 Å². The Bertz CT molecular complexity index is 262. The number of hydrogen-bond acceptors (Lipinski definition) is 4. The molecular weight excluding hydrogens is 232 g/mol. The maximum Gasteiger partial charge on any atom is 0.330 e. The molecule has 0 rings (SSSR count). The Labute approximate surface area is 109 Å². The summed E-state index contributed by atoms with van der Waals surface area (Å²) in [6, 6.07) is 0. The summed E-state index contributed by atoms with van der Waals surface area (Å²) in [5.74, 6) is -0.792. The van der Waals surface area contributed by atoms with Crippen LogP contribution >= 0.6 is 0 Å². The lowest BCUT2D eigenvalue weighted by Crippen LogP contribution is -2.02. The van der Waals surface area contributed by atoms with Crippen LogP contribution in [0.1, 0.15) is 39.5 Å². The van der Waals surface area contributed by atoms with Crippen molar-refractivity contribution in [3.05, 3.63) is 24.3 Å². The number of hydrogen-bond donors (Lipinski definition) is 0. The van der Waals surface area contributed by atoms with E-state index < -0.39 is 11.9 Å². The summed E-state index contributed by atoms with van der Waals surface area (Å²) >= 11 is 0. The largest absolute Gasteiger partial charge is 0.463 e. The van der Waals surface area contributed by atoms with Crippen molar-refractivity contribution in [3.63, 3.8) is 0 Å². The van der Waals surface area contributed by atoms with Crippen LogP contribution in [0.4, 0.5) is 0 Å². The summed E-state index contributed by atoms with van der Waals surface area (Å²) in [4.78, 5) is 22.2. The van der Waals surface area contributed by atoms with Crippen LogP contribution in [-0.4, -0.2) is 25.2 Å². The average molecular weight is 254 g/mol. The standard InChI is InChI=1S/C14H22O4/c1-3-5-11-17-13(15)9-7-8-10-14(16)18-12-6-4-2/h7-10H,3-6,11-12H2,1-2H3/b9-7+,10-8+. The number of unbranched alkanes of at least 4 members (excludes halogenated alkanes) is 2. The molecule has 4 heteroatoms. The number of allylic oxidation sites excluding steroid dienone is 2. The fourth-order valence-corrected chi connectivity index (χ4v) is 0.999. The van der Waals surface area contributed by atoms with Crippen LogP contribution in [0.15, 0.2) is 24.3 Å². The summed E-state index contributed by atoms with van der Waals surface area (Å²) in [5.41, 5.74) is 0. The molecule has 4 nitrogen and oxygen atoms in total. The number of ether oxygens (including phenoxy) is 2. The van der Waals surface area contributed by atoms with Gasteiger partial charge in [0.15, 0.2) is 0 Å². The summed E-state index contributed by atoms with van der Waals surface area (Å²) in [6.07, 6.45) is 9.20. The van der Waals surface area contributed by atoms with Crippen LogP contribution < -0.4 is 0 Å². The zero-order chi connectivity index (χ0) is 13.6. The molecule has 0 aromatic rings. The van der Waals surface area contributed by atoms with E-state index in [9.17, 15) is 9.59 Å². The van der Waals surface area contributed by atoms with E-state index in [1.165, 1.54) is 24.3 Å². The third kappa shape index (κ3) is 10.9. The second-order valence-electron chi connectivity index (χ2n) is 3.76. The van der Waals surface area contributed by atoms with Crippen LogP contribution in [0.2, 0.25) is 0 Å². The molecule has 0 bridgehead atoms. The molecule has 0 saturated carbocycles. The fraction of sp³-hybridized carbons (Fsp3) is 0.571. The van der Waals surface area contributed by atoms with Crippen LogP contribution in [0.5, 0.6) is 0 Å². The Morgan fingerprint density at radius 3 is 1.56 bits per heavy atom. The number of esters is 2. The van der Waals surface area contributed by atoms with Gasteiger partial charge in [0, 0.05) is 12.2 Å². The van der Waals surface area contributed by atoms with Gasteiger partial charge in [-0.05, 0) is 12.8 Å². The number of carbonyl (C=O) groups is 2. The number of carbonyl (C=O) groups excluding carboxylic acids is 2. The molecular formula is C14H22O4. The van der Waals surface area contributed by atoms with Gasteiger partial charge in [-0.3, -0.25) is 0 Å². The lowest BCUT2D eigenvalue weighted by Gasteiger charge is -1.98. The lowest BCUT2D eigenvalue weighted by atomic mass is 10.3. The number of rotatable bonds is 9. The first-order valence-corrected chi connectivity index (χ1v) is 6.39. The minimum absolute atomic E-state index is 0.396. The molecule has 0 radical (unpaired) electrons. The van der Waals surface area contributed by atoms with E-state index >= 15 is 0 Å². The van der Waals surface area contributed by atoms with Gasteiger partial charge >= 0.3 is 11.9 Å². The Morgan fingerprint density at radius 1 is 0.833 bits per heavy atom. The van der Waals surface area contributed by atoms with Crippen molar-refractivity contribution in [2.24, 2.45) is 0 Å². The highest BCUT2D eigenvalue weighted by molar-refractivity contribution is 5.84. The van der Waals surface area contributed by atoms with E-state index in [1.807, 2.05) is 13.8 Å². The van der Waals surface area contributed by atoms with Gasteiger partial charge in [0.05, 0.1) is 13.2 Å². The zero-order valence-corrected chi connectivity index (χ0v) is 11.2. The molecule has 0 atom stereocenters. The molecule has 0 aliphatic heterocycles. The molecule has 102 valence electrons. The second-order valence-corrected chi connectivity index (χ2v) is 3.76. The lowest BCUT2D eigenvalue weighted by molar-refractivity contribution is -0.138. The molecule has 0 aliphatic carbocycles. The maximum absolute atomic E-state index is 11.1. The van der Waals surface area contributed by atoms with E-state index in [0.717, 1.165) is 25.7 Å². The molecule has 0 heterocycles. The minimum atomic E-state index is -0.396. The fourth-order valence-electron chi connectivity index (χ4n) is 0.999. The molecule has 18 heavy (non-hydrogen) atoms. The minimum Gasteiger partial charge on any atom is -0.463 e. The molecule has 0 saturated heterocycles. The SMILES string of the molecule is CCCCOC(=O)/C=C/C=C/C(=O)OCCCC. The predicted molar refractivity (Wildman–Crippen MR) is 70.0 cm³/mol. The monoisotopic (exact) mass is 254 g/mol. The average Bonchev–Trinajstić information content (AvgIpc) is 2.35. The topological polar surface area (TPSA) is 52.6 Å². The van der Waals surface area contributed by atoms with E-state index in [2.05, 4.69) is 0 Å². The Kier molecular flexibility index (Phi) is 10.8. The van der Waals surface area contributed by atoms with Gasteiger partial charge in [-0.2, -0.15) is 0 Å². The molecule has 0 spiro atoms. The van der Waals surface area contributed by atoms with Crippen molar-refractivity contribution in [3.8, 4) is 0 Å². The second kappa shape index (κ2) is 11.9. The predicted octanol–water partition coefficient (Wildman–Crippen LogP) is 2.79. The summed E-state index contributed by atoms with van der Waals surface area (Å²) in [7, 11) is 0. The summed E-state index contributed by atoms with van der Waals surface area (Å²) in [6.45, 7) is 4.91. The van der Waals surface area contributed by atoms with Crippen molar-refractivity contribution in [1.29, 1.82) is 0 Å². The molecule has 0 N–H and O–H groups in total. The summed E-state index contributed by atoms with van der Waals surface area (Å²) < 4.78 is 9.79. The van der Waals surface area contributed by atoms with Gasteiger partial charge in [-0.15, -0.1) is 0 Å². The van der Waals surface area contributed by atoms with Gasteiger partial charge in [-0.25, -0.2) is 9.59 Å². The van der Waals surface area contributed by atoms with E-state index in [4.69, 9.17) is 9.47 Å². The maximum atomic E-state index is 11.1. The van der Waals surface area contributed by atoms with E-state index in [1.54, 1.807) is 0 Å². The summed E-state index contributed by atoms with van der Waals surface area (Å²) in [5, 5.41) is 0. The Hall–Kier alpha value is -1.58. The van der Waals surface area contributed by atoms with Crippen molar-refractivity contribution in [2.75, 3.05) is 13.2 Å². The van der Waals surface area contributed by atoms with E-state index in [-0.39, 0.29) is 0 Å². The molecule has 0 fully saturated rings. The van der Waals surface area contributed by atoms with E-state index in [0.29, 0.717) is 13.2 Å². The third-order valence-electron chi connectivity index (χ3n) is 2.06. The zero-order valence-electron chi connectivity index (χ0n) is 11.2. The first-order chi connectivity index (χ1) is 8.70. The highest BCUT2D eigenvalue weighted by Crippen LogP contribution is 1.92. The normalized spacial score (nSPS) is 11.0. The smallest absolute Gasteiger partial charge is 0.330 e. The molecule has 0 aliphatic rings. The van der Waals surface area contributed by atoms with Gasteiger partial charge < -0.3 is 9.47 Å². The third-order valence-corrected chi connectivity index (χ3v) is 2.06. The van der Waals surface area contributed by atoms with Crippen molar-refractivity contribution in [2.45, 2.75) is 39.5 Å². The van der Waals surface area contributed by atoms with Crippen molar-refractivity contribution in [1.82, 2.24) is 0 Å². The van der Waals surface area contributed by atoms with Crippen molar-refractivity contribution < 1.29 is 19.1 Å². The Morgan fingerprint density at radius 2 is 1.22 bits per heavy atom. The van der Waals surface area contributed by atoms with Crippen LogP contribution in [-0.2, 0) is 19.1 Å². The molecule has 0 unspecified atom stereocenters. The van der Waals surface area contributed by atoms with Gasteiger partial charge in [0.25, 0.3) is 0 Å². The van der Waals surface area contributed by atoms with Gasteiger partial charge in [0.1, 0.15) is 0 Å². The van der Waals surface area contributed by atoms with Gasteiger partial charge in [-0.1, -0.05) is 38.8 Å². The molecule has 0 aromatic heterocycles. The highest BCUT2D eigenvalue weighted by atomic mass is 16.5. The van der Waals surface area contributed by atoms with Crippen LogP contribution in [0, 0.1) is 0 Å². The Balaban J connectivity index is 3.72. The quantitative estimate of drug-likeness (QED) is 0.275. The van der Waals surface area contributed by atoms with Crippen molar-refractivity contribution >= 4 is 11.9 Å². The first-order valence-electron chi connectivity index (χ1n) is 6.39. The van der Waals surface area contributed by atoms with Crippen LogP contribution in [0.3, 0.4) is 0 Å². The highest BCUT2D eigenvalue weighted by Gasteiger charge is 1.95. The molecule has 0 amide bonds. The molecule has 0 aromatic carbocycles. The van der Waals surface area contributed by atoms with Gasteiger partial charge in [0.2, 0.25) is 0 Å². The first kappa shape index (κ1) is 16.4.